The first kappa shape index (κ1) is 20.3. The molecule has 4 rings (SSSR count). The van der Waals surface area contributed by atoms with Gasteiger partial charge in [0, 0.05) is 37.6 Å². The summed E-state index contributed by atoms with van der Waals surface area (Å²) in [5, 5.41) is 2.96. The molecule has 1 unspecified atom stereocenters. The number of carbonyl (C=O) groups excluding carboxylic acids is 1. The van der Waals surface area contributed by atoms with Crippen LogP contribution in [0.5, 0.6) is 0 Å². The number of piperidine rings is 1. The Morgan fingerprint density at radius 2 is 2.00 bits per heavy atom. The van der Waals surface area contributed by atoms with Crippen LogP contribution >= 0.6 is 0 Å². The Morgan fingerprint density at radius 1 is 1.17 bits per heavy atom. The van der Waals surface area contributed by atoms with Gasteiger partial charge in [-0.2, -0.15) is 4.31 Å². The highest BCUT2D eigenvalue weighted by molar-refractivity contribution is 7.89. The Labute approximate surface area is 176 Å². The molecule has 0 aliphatic carbocycles. The molecular formula is C22H24N4O3S. The second-order valence-corrected chi connectivity index (χ2v) is 9.31. The molecule has 7 nitrogen and oxygen atoms in total. The second-order valence-electron chi connectivity index (χ2n) is 7.37. The van der Waals surface area contributed by atoms with E-state index < -0.39 is 10.0 Å². The van der Waals surface area contributed by atoms with E-state index in [1.807, 2.05) is 24.3 Å². The number of aromatic amines is 1. The molecule has 0 radical (unpaired) electrons. The van der Waals surface area contributed by atoms with Gasteiger partial charge in [0.2, 0.25) is 15.9 Å². The molecule has 2 N–H and O–H groups in total. The zero-order valence-electron chi connectivity index (χ0n) is 16.5. The van der Waals surface area contributed by atoms with Gasteiger partial charge in [0.15, 0.2) is 0 Å². The van der Waals surface area contributed by atoms with Crippen molar-refractivity contribution in [3.8, 4) is 11.4 Å². The number of H-pyrrole nitrogens is 1. The Kier molecular flexibility index (Phi) is 5.96. The molecule has 2 aromatic carbocycles. The number of carbonyl (C=O) groups is 1. The molecule has 156 valence electrons. The number of sulfonamides is 1. The van der Waals surface area contributed by atoms with Crippen molar-refractivity contribution >= 4 is 15.9 Å². The fourth-order valence-corrected chi connectivity index (χ4v) is 5.25. The zero-order valence-corrected chi connectivity index (χ0v) is 17.3. The maximum Gasteiger partial charge on any atom is 0.243 e. The second kappa shape index (κ2) is 8.81. The van der Waals surface area contributed by atoms with Gasteiger partial charge in [-0.1, -0.05) is 36.4 Å². The number of aromatic nitrogens is 2. The monoisotopic (exact) mass is 424 g/mol. The lowest BCUT2D eigenvalue weighted by Gasteiger charge is -2.31. The molecule has 1 aliphatic heterocycles. The summed E-state index contributed by atoms with van der Waals surface area (Å²) in [6.45, 7) is 1.02. The van der Waals surface area contributed by atoms with E-state index in [0.717, 1.165) is 17.0 Å². The van der Waals surface area contributed by atoms with Crippen LogP contribution in [0, 0.1) is 5.92 Å². The van der Waals surface area contributed by atoms with Crippen molar-refractivity contribution in [2.75, 3.05) is 13.1 Å². The summed E-state index contributed by atoms with van der Waals surface area (Å²) < 4.78 is 27.2. The molecule has 1 saturated heterocycles. The van der Waals surface area contributed by atoms with Crippen molar-refractivity contribution < 1.29 is 13.2 Å². The van der Waals surface area contributed by atoms with E-state index in [-0.39, 0.29) is 23.3 Å². The highest BCUT2D eigenvalue weighted by Crippen LogP contribution is 2.24. The minimum Gasteiger partial charge on any atom is -0.352 e. The third-order valence-electron chi connectivity index (χ3n) is 5.30. The first-order chi connectivity index (χ1) is 14.5. The van der Waals surface area contributed by atoms with Crippen molar-refractivity contribution in [2.45, 2.75) is 24.3 Å². The van der Waals surface area contributed by atoms with Crippen LogP contribution in [-0.4, -0.2) is 41.7 Å². The van der Waals surface area contributed by atoms with Crippen LogP contribution in [0.1, 0.15) is 18.4 Å². The number of amides is 1. The van der Waals surface area contributed by atoms with Crippen molar-refractivity contribution in [1.29, 1.82) is 0 Å². The summed E-state index contributed by atoms with van der Waals surface area (Å²) in [6, 6.07) is 16.2. The van der Waals surface area contributed by atoms with Crippen molar-refractivity contribution in [2.24, 2.45) is 5.92 Å². The molecule has 0 saturated carbocycles. The van der Waals surface area contributed by atoms with Crippen molar-refractivity contribution in [1.82, 2.24) is 19.6 Å². The van der Waals surface area contributed by atoms with Crippen molar-refractivity contribution in [3.05, 3.63) is 72.6 Å². The average molecular weight is 425 g/mol. The zero-order chi connectivity index (χ0) is 21.0. The Balaban J connectivity index is 1.39. The normalized spacial score (nSPS) is 17.5. The molecule has 8 heteroatoms. The molecule has 1 fully saturated rings. The average Bonchev–Trinajstić information content (AvgIpc) is 3.33. The first-order valence-electron chi connectivity index (χ1n) is 9.95. The van der Waals surface area contributed by atoms with Gasteiger partial charge in [-0.05, 0) is 36.6 Å². The predicted octanol–water partition coefficient (Wildman–Crippen LogP) is 2.79. The highest BCUT2D eigenvalue weighted by atomic mass is 32.2. The van der Waals surface area contributed by atoms with Gasteiger partial charge in [-0.25, -0.2) is 13.4 Å². The smallest absolute Gasteiger partial charge is 0.243 e. The molecule has 1 amide bonds. The predicted molar refractivity (Wildman–Crippen MR) is 114 cm³/mol. The number of rotatable bonds is 6. The third kappa shape index (κ3) is 4.44. The third-order valence-corrected chi connectivity index (χ3v) is 7.18. The number of hydrogen-bond acceptors (Lipinski definition) is 4. The standard InChI is InChI=1S/C22H24N4O3S/c27-22(25-15-17-6-4-7-18(14-17)21-23-11-12-24-21)19-8-5-13-26(16-19)30(28,29)20-9-2-1-3-10-20/h1-4,6-7,9-12,14,19H,5,8,13,15-16H2,(H,23,24)(H,25,27). The highest BCUT2D eigenvalue weighted by Gasteiger charge is 2.33. The van der Waals surface area contributed by atoms with Gasteiger partial charge >= 0.3 is 0 Å². The summed E-state index contributed by atoms with van der Waals surface area (Å²) >= 11 is 0. The molecule has 2 heterocycles. The molecule has 30 heavy (non-hydrogen) atoms. The van der Waals surface area contributed by atoms with E-state index in [1.54, 1.807) is 42.7 Å². The van der Waals surface area contributed by atoms with Gasteiger partial charge in [0.05, 0.1) is 10.8 Å². The summed E-state index contributed by atoms with van der Waals surface area (Å²) in [6.07, 6.45) is 4.81. The maximum absolute atomic E-state index is 12.9. The minimum atomic E-state index is -3.58. The van der Waals surface area contributed by atoms with Gasteiger partial charge < -0.3 is 10.3 Å². The topological polar surface area (TPSA) is 95.2 Å². The van der Waals surface area contributed by atoms with Gasteiger partial charge in [-0.15, -0.1) is 0 Å². The Bertz CT molecular complexity index is 1100. The van der Waals surface area contributed by atoms with E-state index in [2.05, 4.69) is 15.3 Å². The van der Waals surface area contributed by atoms with Crippen LogP contribution in [0.15, 0.2) is 71.9 Å². The first-order valence-corrected chi connectivity index (χ1v) is 11.4. The molecule has 1 aromatic heterocycles. The van der Waals surface area contributed by atoms with Gasteiger partial charge in [-0.3, -0.25) is 4.79 Å². The summed E-state index contributed by atoms with van der Waals surface area (Å²) in [7, 11) is -3.58. The van der Waals surface area contributed by atoms with Crippen LogP contribution in [-0.2, 0) is 21.4 Å². The fraction of sp³-hybridized carbons (Fsp3) is 0.273. The van der Waals surface area contributed by atoms with Crippen LogP contribution in [0.2, 0.25) is 0 Å². The number of nitrogens with zero attached hydrogens (tertiary/aromatic N) is 2. The van der Waals surface area contributed by atoms with Gasteiger partial charge in [0.25, 0.3) is 0 Å². The van der Waals surface area contributed by atoms with E-state index in [4.69, 9.17) is 0 Å². The lowest BCUT2D eigenvalue weighted by molar-refractivity contribution is -0.126. The number of imidazole rings is 1. The van der Waals surface area contributed by atoms with E-state index in [9.17, 15) is 13.2 Å². The van der Waals surface area contributed by atoms with Crippen LogP contribution in [0.4, 0.5) is 0 Å². The van der Waals surface area contributed by atoms with E-state index >= 15 is 0 Å². The molecule has 0 bridgehead atoms. The molecule has 1 atom stereocenters. The maximum atomic E-state index is 12.9. The number of hydrogen-bond donors (Lipinski definition) is 2. The quantitative estimate of drug-likeness (QED) is 0.636. The Morgan fingerprint density at radius 3 is 2.77 bits per heavy atom. The summed E-state index contributed by atoms with van der Waals surface area (Å²) in [4.78, 5) is 20.3. The van der Waals surface area contributed by atoms with E-state index in [1.165, 1.54) is 4.31 Å². The largest absolute Gasteiger partial charge is 0.352 e. The van der Waals surface area contributed by atoms with Gasteiger partial charge in [0.1, 0.15) is 5.82 Å². The fourth-order valence-electron chi connectivity index (χ4n) is 3.70. The minimum absolute atomic E-state index is 0.119. The molecular weight excluding hydrogens is 400 g/mol. The van der Waals surface area contributed by atoms with Crippen LogP contribution < -0.4 is 5.32 Å². The lowest BCUT2D eigenvalue weighted by Crippen LogP contribution is -2.45. The number of nitrogens with one attached hydrogen (secondary N) is 2. The summed E-state index contributed by atoms with van der Waals surface area (Å²) in [5.41, 5.74) is 1.91. The van der Waals surface area contributed by atoms with Crippen LogP contribution in [0.3, 0.4) is 0 Å². The molecule has 1 aliphatic rings. The molecule has 3 aromatic rings. The van der Waals surface area contributed by atoms with Crippen LogP contribution in [0.25, 0.3) is 11.4 Å². The Hall–Kier alpha value is -2.97. The van der Waals surface area contributed by atoms with Crippen molar-refractivity contribution in [3.63, 3.8) is 0 Å². The number of benzene rings is 2. The SMILES string of the molecule is O=C(NCc1cccc(-c2ncc[nH]2)c1)C1CCCN(S(=O)(=O)c2ccccc2)C1. The summed E-state index contributed by atoms with van der Waals surface area (Å²) in [5.74, 6) is 0.300. The lowest BCUT2D eigenvalue weighted by atomic mass is 9.98. The van der Waals surface area contributed by atoms with E-state index in [0.29, 0.717) is 25.9 Å². The molecule has 0 spiro atoms.